The molecule has 0 fully saturated rings. The fraction of sp³-hybridized carbons (Fsp3) is 0.0625. The average molecular weight is 299 g/mol. The molecule has 0 radical (unpaired) electrons. The molecule has 0 aromatic heterocycles. The van der Waals surface area contributed by atoms with Crippen molar-refractivity contribution in [1.82, 2.24) is 0 Å². The second-order valence-electron chi connectivity index (χ2n) is 4.23. The highest BCUT2D eigenvalue weighted by molar-refractivity contribution is 5.64. The summed E-state index contributed by atoms with van der Waals surface area (Å²) in [4.78, 5) is 21.4. The third-order valence-electron chi connectivity index (χ3n) is 2.66. The quantitative estimate of drug-likeness (QED) is 0.363. The van der Waals surface area contributed by atoms with Crippen molar-refractivity contribution < 1.29 is 19.2 Å². The molecule has 112 valence electrons. The minimum absolute atomic E-state index is 0.0701. The monoisotopic (exact) mass is 299 g/mol. The smallest absolute Gasteiger partial charge is 0.430 e. The van der Waals surface area contributed by atoms with Crippen LogP contribution in [0, 0.1) is 10.1 Å². The van der Waals surface area contributed by atoms with E-state index in [0.29, 0.717) is 0 Å². The van der Waals surface area contributed by atoms with Crippen LogP contribution in [0.5, 0.6) is 5.75 Å². The van der Waals surface area contributed by atoms with E-state index in [9.17, 15) is 14.9 Å². The number of carbonyl (C=O) groups is 1. The first-order chi connectivity index (χ1) is 10.6. The maximum atomic E-state index is 11.4. The van der Waals surface area contributed by atoms with Crippen LogP contribution in [-0.4, -0.2) is 17.7 Å². The summed E-state index contributed by atoms with van der Waals surface area (Å²) in [6.07, 6.45) is 2.64. The van der Waals surface area contributed by atoms with Crippen LogP contribution < -0.4 is 4.74 Å². The number of nitro benzene ring substituents is 1. The Kier molecular flexibility index (Phi) is 5.25. The lowest BCUT2D eigenvalue weighted by molar-refractivity contribution is -0.384. The third-order valence-corrected chi connectivity index (χ3v) is 2.66. The molecule has 0 heterocycles. The Morgan fingerprint density at radius 3 is 2.41 bits per heavy atom. The summed E-state index contributed by atoms with van der Waals surface area (Å²) >= 11 is 0. The summed E-state index contributed by atoms with van der Waals surface area (Å²) in [6, 6.07) is 14.7. The zero-order chi connectivity index (χ0) is 15.8. The zero-order valence-corrected chi connectivity index (χ0v) is 11.5. The second-order valence-corrected chi connectivity index (χ2v) is 4.23. The van der Waals surface area contributed by atoms with Crippen molar-refractivity contribution in [2.24, 2.45) is 0 Å². The van der Waals surface area contributed by atoms with Crippen LogP contribution in [0.25, 0.3) is 6.08 Å². The summed E-state index contributed by atoms with van der Waals surface area (Å²) in [5.74, 6) is 0.183. The lowest BCUT2D eigenvalue weighted by Crippen LogP contribution is -2.10. The second kappa shape index (κ2) is 7.58. The molecule has 2 aromatic carbocycles. The Morgan fingerprint density at radius 1 is 1.09 bits per heavy atom. The molecule has 2 rings (SSSR count). The van der Waals surface area contributed by atoms with Gasteiger partial charge in [-0.05, 0) is 23.8 Å². The predicted molar refractivity (Wildman–Crippen MR) is 80.5 cm³/mol. The number of ether oxygens (including phenoxy) is 2. The lowest BCUT2D eigenvalue weighted by Gasteiger charge is -2.03. The van der Waals surface area contributed by atoms with E-state index in [1.54, 1.807) is 6.08 Å². The molecule has 0 saturated heterocycles. The Balaban J connectivity index is 1.78. The van der Waals surface area contributed by atoms with Gasteiger partial charge in [0, 0.05) is 12.1 Å². The fourth-order valence-electron chi connectivity index (χ4n) is 1.63. The van der Waals surface area contributed by atoms with Crippen molar-refractivity contribution in [3.05, 3.63) is 76.4 Å². The third kappa shape index (κ3) is 4.75. The molecule has 0 aliphatic carbocycles. The maximum absolute atomic E-state index is 11.4. The van der Waals surface area contributed by atoms with Crippen LogP contribution in [0.3, 0.4) is 0 Å². The number of benzene rings is 2. The van der Waals surface area contributed by atoms with Crippen molar-refractivity contribution in [3.8, 4) is 5.75 Å². The Labute approximate surface area is 126 Å². The number of nitro groups is 1. The van der Waals surface area contributed by atoms with Crippen molar-refractivity contribution in [2.75, 3.05) is 6.61 Å². The van der Waals surface area contributed by atoms with Gasteiger partial charge in [-0.3, -0.25) is 10.1 Å². The largest absolute Gasteiger partial charge is 0.514 e. The highest BCUT2D eigenvalue weighted by Gasteiger charge is 2.08. The number of hydrogen-bond acceptors (Lipinski definition) is 5. The number of non-ortho nitro benzene ring substituents is 1. The summed E-state index contributed by atoms with van der Waals surface area (Å²) in [6.45, 7) is 0.0701. The molecule has 6 nitrogen and oxygen atoms in total. The predicted octanol–water partition coefficient (Wildman–Crippen LogP) is 3.82. The molecule has 6 heteroatoms. The molecule has 0 unspecified atom stereocenters. The van der Waals surface area contributed by atoms with Crippen LogP contribution in [0.1, 0.15) is 5.56 Å². The topological polar surface area (TPSA) is 78.7 Å². The number of nitrogens with zero attached hydrogens (tertiary/aromatic N) is 1. The molecule has 0 aliphatic heterocycles. The maximum Gasteiger partial charge on any atom is 0.514 e. The normalized spacial score (nSPS) is 10.4. The van der Waals surface area contributed by atoms with Gasteiger partial charge in [-0.15, -0.1) is 0 Å². The Hall–Kier alpha value is -3.15. The molecular weight excluding hydrogens is 286 g/mol. The summed E-state index contributed by atoms with van der Waals surface area (Å²) < 4.78 is 9.75. The molecule has 0 N–H and O–H groups in total. The first kappa shape index (κ1) is 15.2. The first-order valence-corrected chi connectivity index (χ1v) is 6.46. The van der Waals surface area contributed by atoms with Crippen LogP contribution >= 0.6 is 0 Å². The summed E-state index contributed by atoms with van der Waals surface area (Å²) in [5.41, 5.74) is 0.918. The van der Waals surface area contributed by atoms with Crippen molar-refractivity contribution in [1.29, 1.82) is 0 Å². The SMILES string of the molecule is O=C(OC/C=C/c1ccccc1)Oc1ccc([N+](=O)[O-])cc1. The molecular formula is C16H13NO5. The highest BCUT2D eigenvalue weighted by atomic mass is 16.7. The van der Waals surface area contributed by atoms with E-state index in [4.69, 9.17) is 9.47 Å². The van der Waals surface area contributed by atoms with Crippen molar-refractivity contribution in [2.45, 2.75) is 0 Å². The Bertz CT molecular complexity index is 665. The first-order valence-electron chi connectivity index (χ1n) is 6.46. The molecule has 0 spiro atoms. The van der Waals surface area contributed by atoms with Gasteiger partial charge < -0.3 is 9.47 Å². The van der Waals surface area contributed by atoms with Gasteiger partial charge in [0.1, 0.15) is 12.4 Å². The Morgan fingerprint density at radius 2 is 1.77 bits per heavy atom. The van der Waals surface area contributed by atoms with E-state index >= 15 is 0 Å². The lowest BCUT2D eigenvalue weighted by atomic mass is 10.2. The van der Waals surface area contributed by atoms with Crippen LogP contribution in [0.2, 0.25) is 0 Å². The van der Waals surface area contributed by atoms with Crippen LogP contribution in [-0.2, 0) is 4.74 Å². The molecule has 2 aromatic rings. The van der Waals surface area contributed by atoms with Gasteiger partial charge in [-0.25, -0.2) is 4.79 Å². The van der Waals surface area contributed by atoms with E-state index in [1.165, 1.54) is 24.3 Å². The molecule has 0 bridgehead atoms. The number of rotatable bonds is 5. The van der Waals surface area contributed by atoms with E-state index < -0.39 is 11.1 Å². The van der Waals surface area contributed by atoms with Gasteiger partial charge in [0.25, 0.3) is 5.69 Å². The molecule has 0 aliphatic rings. The molecule has 0 amide bonds. The summed E-state index contributed by atoms with van der Waals surface area (Å²) in [5, 5.41) is 10.5. The molecule has 22 heavy (non-hydrogen) atoms. The standard InChI is InChI=1S/C16H13NO5/c18-16(21-12-4-7-13-5-2-1-3-6-13)22-15-10-8-14(9-11-15)17(19)20/h1-11H,12H2/b7-4+. The average Bonchev–Trinajstić information content (AvgIpc) is 2.53. The zero-order valence-electron chi connectivity index (χ0n) is 11.5. The minimum Gasteiger partial charge on any atom is -0.430 e. The summed E-state index contributed by atoms with van der Waals surface area (Å²) in [7, 11) is 0. The van der Waals surface area contributed by atoms with Gasteiger partial charge in [0.15, 0.2) is 0 Å². The van der Waals surface area contributed by atoms with Gasteiger partial charge in [0.2, 0.25) is 0 Å². The van der Waals surface area contributed by atoms with Crippen LogP contribution in [0.4, 0.5) is 10.5 Å². The molecule has 0 atom stereocenters. The van der Waals surface area contributed by atoms with E-state index in [2.05, 4.69) is 0 Å². The van der Waals surface area contributed by atoms with Crippen LogP contribution in [0.15, 0.2) is 60.7 Å². The van der Waals surface area contributed by atoms with Crippen molar-refractivity contribution >= 4 is 17.9 Å². The van der Waals surface area contributed by atoms with E-state index in [-0.39, 0.29) is 18.0 Å². The highest BCUT2D eigenvalue weighted by Crippen LogP contribution is 2.17. The minimum atomic E-state index is -0.869. The van der Waals surface area contributed by atoms with Gasteiger partial charge in [0.05, 0.1) is 4.92 Å². The van der Waals surface area contributed by atoms with Gasteiger partial charge >= 0.3 is 6.16 Å². The van der Waals surface area contributed by atoms with Crippen molar-refractivity contribution in [3.63, 3.8) is 0 Å². The van der Waals surface area contributed by atoms with Gasteiger partial charge in [-0.1, -0.05) is 36.4 Å². The number of hydrogen-bond donors (Lipinski definition) is 0. The van der Waals surface area contributed by atoms with E-state index in [0.717, 1.165) is 5.56 Å². The fourth-order valence-corrected chi connectivity index (χ4v) is 1.63. The van der Waals surface area contributed by atoms with E-state index in [1.807, 2.05) is 36.4 Å². The van der Waals surface area contributed by atoms with Gasteiger partial charge in [-0.2, -0.15) is 0 Å². The molecule has 0 saturated carbocycles. The number of carbonyl (C=O) groups excluding carboxylic acids is 1.